The van der Waals surface area contributed by atoms with Crippen molar-refractivity contribution in [1.82, 2.24) is 10.3 Å². The lowest BCUT2D eigenvalue weighted by molar-refractivity contribution is 0.467. The maximum absolute atomic E-state index is 5.63. The molecule has 0 amide bonds. The van der Waals surface area contributed by atoms with Crippen molar-refractivity contribution in [1.29, 1.82) is 0 Å². The molecule has 0 bridgehead atoms. The molecule has 2 heterocycles. The van der Waals surface area contributed by atoms with E-state index in [1.165, 1.54) is 0 Å². The molecule has 4 heteroatoms. The lowest BCUT2D eigenvalue weighted by atomic mass is 10.3. The summed E-state index contributed by atoms with van der Waals surface area (Å²) in [4.78, 5) is 4.25. The van der Waals surface area contributed by atoms with Gasteiger partial charge in [-0.25, -0.2) is 4.98 Å². The average Bonchev–Trinajstić information content (AvgIpc) is 2.93. The Morgan fingerprint density at radius 3 is 2.82 bits per heavy atom. The van der Waals surface area contributed by atoms with Gasteiger partial charge in [-0.15, -0.1) is 0 Å². The van der Waals surface area contributed by atoms with Gasteiger partial charge in [0.25, 0.3) is 0 Å². The number of hydrogen-bond acceptors (Lipinski definition) is 4. The summed E-state index contributed by atoms with van der Waals surface area (Å²) in [6, 6.07) is 3.82. The fourth-order valence-corrected chi connectivity index (χ4v) is 1.65. The van der Waals surface area contributed by atoms with Crippen molar-refractivity contribution in [2.45, 2.75) is 26.7 Å². The number of aromatic nitrogens is 1. The average molecular weight is 234 g/mol. The van der Waals surface area contributed by atoms with Gasteiger partial charge in [0.2, 0.25) is 0 Å². The number of oxazole rings is 1. The number of rotatable bonds is 6. The first kappa shape index (κ1) is 11.9. The molecule has 1 N–H and O–H groups in total. The SMILES string of the molecule is CCNCCCc1ncc(-c2ccc(C)o2)o1. The number of hydrogen-bond donors (Lipinski definition) is 1. The third kappa shape index (κ3) is 3.20. The zero-order valence-corrected chi connectivity index (χ0v) is 10.3. The highest BCUT2D eigenvalue weighted by atomic mass is 16.4. The van der Waals surface area contributed by atoms with Crippen LogP contribution in [0.2, 0.25) is 0 Å². The van der Waals surface area contributed by atoms with E-state index in [1.807, 2.05) is 19.1 Å². The van der Waals surface area contributed by atoms with Crippen LogP contribution in [0, 0.1) is 6.92 Å². The van der Waals surface area contributed by atoms with Crippen LogP contribution in [0.15, 0.2) is 27.2 Å². The van der Waals surface area contributed by atoms with Gasteiger partial charge in [0.1, 0.15) is 5.76 Å². The maximum Gasteiger partial charge on any atom is 0.195 e. The molecule has 0 saturated heterocycles. The third-order valence-corrected chi connectivity index (χ3v) is 2.53. The Labute approximate surface area is 101 Å². The Morgan fingerprint density at radius 1 is 1.24 bits per heavy atom. The van der Waals surface area contributed by atoms with Gasteiger partial charge in [0.15, 0.2) is 17.4 Å². The van der Waals surface area contributed by atoms with E-state index in [-0.39, 0.29) is 0 Å². The van der Waals surface area contributed by atoms with Gasteiger partial charge in [0.05, 0.1) is 6.20 Å². The highest BCUT2D eigenvalue weighted by Gasteiger charge is 2.09. The molecule has 0 aliphatic heterocycles. The molecular formula is C13H18N2O2. The third-order valence-electron chi connectivity index (χ3n) is 2.53. The van der Waals surface area contributed by atoms with Crippen molar-refractivity contribution in [3.63, 3.8) is 0 Å². The van der Waals surface area contributed by atoms with Gasteiger partial charge in [-0.3, -0.25) is 0 Å². The van der Waals surface area contributed by atoms with E-state index < -0.39 is 0 Å². The molecule has 0 atom stereocenters. The monoisotopic (exact) mass is 234 g/mol. The van der Waals surface area contributed by atoms with E-state index >= 15 is 0 Å². The van der Waals surface area contributed by atoms with Gasteiger partial charge >= 0.3 is 0 Å². The zero-order chi connectivity index (χ0) is 12.1. The highest BCUT2D eigenvalue weighted by Crippen LogP contribution is 2.22. The number of aryl methyl sites for hydroxylation is 2. The second kappa shape index (κ2) is 5.68. The molecule has 2 aromatic rings. The second-order valence-electron chi connectivity index (χ2n) is 3.99. The normalized spacial score (nSPS) is 10.9. The molecule has 0 aliphatic carbocycles. The number of nitrogens with one attached hydrogen (secondary N) is 1. The van der Waals surface area contributed by atoms with E-state index in [4.69, 9.17) is 8.83 Å². The molecule has 0 spiro atoms. The summed E-state index contributed by atoms with van der Waals surface area (Å²) in [6.45, 7) is 6.01. The molecule has 0 aromatic carbocycles. The standard InChI is InChI=1S/C13H18N2O2/c1-3-14-8-4-5-13-15-9-12(17-13)11-7-6-10(2)16-11/h6-7,9,14H,3-5,8H2,1-2H3. The molecule has 17 heavy (non-hydrogen) atoms. The Morgan fingerprint density at radius 2 is 2.12 bits per heavy atom. The van der Waals surface area contributed by atoms with Crippen LogP contribution in [0.4, 0.5) is 0 Å². The first-order valence-electron chi connectivity index (χ1n) is 6.02. The molecule has 2 rings (SSSR count). The van der Waals surface area contributed by atoms with Crippen LogP contribution >= 0.6 is 0 Å². The summed E-state index contributed by atoms with van der Waals surface area (Å²) >= 11 is 0. The lowest BCUT2D eigenvalue weighted by Gasteiger charge is -1.98. The van der Waals surface area contributed by atoms with Crippen LogP contribution in [0.5, 0.6) is 0 Å². The second-order valence-corrected chi connectivity index (χ2v) is 3.99. The van der Waals surface area contributed by atoms with E-state index in [0.717, 1.165) is 43.3 Å². The molecule has 2 aromatic heterocycles. The molecule has 0 unspecified atom stereocenters. The van der Waals surface area contributed by atoms with Crippen LogP contribution in [-0.2, 0) is 6.42 Å². The van der Waals surface area contributed by atoms with Crippen LogP contribution in [0.25, 0.3) is 11.5 Å². The first-order chi connectivity index (χ1) is 8.29. The fourth-order valence-electron chi connectivity index (χ4n) is 1.65. The van der Waals surface area contributed by atoms with Crippen LogP contribution in [-0.4, -0.2) is 18.1 Å². The molecule has 0 fully saturated rings. The maximum atomic E-state index is 5.63. The van der Waals surface area contributed by atoms with Gasteiger partial charge < -0.3 is 14.2 Å². The molecule has 4 nitrogen and oxygen atoms in total. The molecular weight excluding hydrogens is 216 g/mol. The lowest BCUT2D eigenvalue weighted by Crippen LogP contribution is -2.14. The van der Waals surface area contributed by atoms with Crippen LogP contribution < -0.4 is 5.32 Å². The summed E-state index contributed by atoms with van der Waals surface area (Å²) in [6.07, 6.45) is 3.61. The summed E-state index contributed by atoms with van der Waals surface area (Å²) in [5, 5.41) is 3.27. The minimum Gasteiger partial charge on any atom is -0.458 e. The van der Waals surface area contributed by atoms with E-state index in [0.29, 0.717) is 5.76 Å². The minimum absolute atomic E-state index is 0.705. The summed E-state index contributed by atoms with van der Waals surface area (Å²) < 4.78 is 11.1. The smallest absolute Gasteiger partial charge is 0.195 e. The molecule has 92 valence electrons. The van der Waals surface area contributed by atoms with Crippen molar-refractivity contribution in [2.75, 3.05) is 13.1 Å². The number of furan rings is 1. The summed E-state index contributed by atoms with van der Waals surface area (Å²) in [5.74, 6) is 3.10. The summed E-state index contributed by atoms with van der Waals surface area (Å²) in [7, 11) is 0. The van der Waals surface area contributed by atoms with Crippen molar-refractivity contribution in [3.05, 3.63) is 30.0 Å². The quantitative estimate of drug-likeness (QED) is 0.781. The van der Waals surface area contributed by atoms with Crippen LogP contribution in [0.3, 0.4) is 0 Å². The Balaban J connectivity index is 1.92. The van der Waals surface area contributed by atoms with Gasteiger partial charge in [-0.2, -0.15) is 0 Å². The highest BCUT2D eigenvalue weighted by molar-refractivity contribution is 5.48. The van der Waals surface area contributed by atoms with Crippen molar-refractivity contribution < 1.29 is 8.83 Å². The predicted octanol–water partition coefficient (Wildman–Crippen LogP) is 2.79. The van der Waals surface area contributed by atoms with Crippen molar-refractivity contribution >= 4 is 0 Å². The minimum atomic E-state index is 0.705. The Hall–Kier alpha value is -1.55. The van der Waals surface area contributed by atoms with Crippen molar-refractivity contribution in [2.24, 2.45) is 0 Å². The fraction of sp³-hybridized carbons (Fsp3) is 0.462. The van der Waals surface area contributed by atoms with E-state index in [2.05, 4.69) is 17.2 Å². The zero-order valence-electron chi connectivity index (χ0n) is 10.3. The molecule has 0 saturated carbocycles. The Bertz CT molecular complexity index is 459. The van der Waals surface area contributed by atoms with Gasteiger partial charge in [-0.05, 0) is 38.6 Å². The predicted molar refractivity (Wildman–Crippen MR) is 65.8 cm³/mol. The largest absolute Gasteiger partial charge is 0.458 e. The van der Waals surface area contributed by atoms with Crippen LogP contribution in [0.1, 0.15) is 25.0 Å². The summed E-state index contributed by atoms with van der Waals surface area (Å²) in [5.41, 5.74) is 0. The van der Waals surface area contributed by atoms with E-state index in [9.17, 15) is 0 Å². The van der Waals surface area contributed by atoms with Crippen molar-refractivity contribution in [3.8, 4) is 11.5 Å². The Kier molecular flexibility index (Phi) is 3.98. The van der Waals surface area contributed by atoms with E-state index in [1.54, 1.807) is 6.20 Å². The van der Waals surface area contributed by atoms with Gasteiger partial charge in [-0.1, -0.05) is 6.92 Å². The number of nitrogens with zero attached hydrogens (tertiary/aromatic N) is 1. The topological polar surface area (TPSA) is 51.2 Å². The van der Waals surface area contributed by atoms with Gasteiger partial charge in [0, 0.05) is 6.42 Å². The molecule has 0 radical (unpaired) electrons. The first-order valence-corrected chi connectivity index (χ1v) is 6.02. The molecule has 0 aliphatic rings.